The highest BCUT2D eigenvalue weighted by Crippen LogP contribution is 2.34. The summed E-state index contributed by atoms with van der Waals surface area (Å²) in [4.78, 5) is 30.8. The number of hydrogen-bond donors (Lipinski definition) is 1. The van der Waals surface area contributed by atoms with Crippen molar-refractivity contribution in [2.24, 2.45) is 0 Å². The fourth-order valence-corrected chi connectivity index (χ4v) is 5.78. The summed E-state index contributed by atoms with van der Waals surface area (Å²) in [6.07, 6.45) is 7.15. The van der Waals surface area contributed by atoms with E-state index in [2.05, 4.69) is 71.3 Å². The Morgan fingerprint density at radius 1 is 1.08 bits per heavy atom. The molecule has 0 radical (unpaired) electrons. The second-order valence-corrected chi connectivity index (χ2v) is 10.9. The van der Waals surface area contributed by atoms with E-state index in [1.54, 1.807) is 0 Å². The molecular weight excluding hydrogens is 450 g/mol. The Morgan fingerprint density at radius 2 is 1.89 bits per heavy atom. The first kappa shape index (κ1) is 25.1. The van der Waals surface area contributed by atoms with E-state index >= 15 is 0 Å². The van der Waals surface area contributed by atoms with Crippen LogP contribution in [0.25, 0.3) is 21.8 Å². The number of nitrogens with zero attached hydrogens (tertiary/aromatic N) is 6. The lowest BCUT2D eigenvalue weighted by Crippen LogP contribution is -2.43. The summed E-state index contributed by atoms with van der Waals surface area (Å²) in [5.74, 6) is 0.609. The van der Waals surface area contributed by atoms with Crippen LogP contribution < -0.4 is 10.9 Å². The molecule has 5 rings (SSSR count). The topological polar surface area (TPSA) is 69.5 Å². The van der Waals surface area contributed by atoms with Gasteiger partial charge >= 0.3 is 0 Å². The molecule has 8 heteroatoms. The number of aromatic nitrogens is 3. The summed E-state index contributed by atoms with van der Waals surface area (Å²) in [6, 6.07) is 7.04. The third kappa shape index (κ3) is 5.12. The molecule has 2 atom stereocenters. The van der Waals surface area contributed by atoms with Crippen molar-refractivity contribution in [1.82, 2.24) is 29.2 Å². The quantitative estimate of drug-likeness (QED) is 0.382. The molecule has 1 aliphatic heterocycles. The van der Waals surface area contributed by atoms with Crippen molar-refractivity contribution < 1.29 is 0 Å². The molecule has 1 saturated heterocycles. The lowest BCUT2D eigenvalue weighted by molar-refractivity contribution is 0.148. The van der Waals surface area contributed by atoms with Crippen molar-refractivity contribution in [3.05, 3.63) is 40.3 Å². The number of unbranched alkanes of at least 4 members (excludes halogenated alkanes) is 1. The fourth-order valence-electron chi connectivity index (χ4n) is 5.78. The number of rotatable bonds is 8. The first-order valence-electron chi connectivity index (χ1n) is 13.6. The van der Waals surface area contributed by atoms with Crippen LogP contribution in [0, 0.1) is 0 Å². The minimum Gasteiger partial charge on any atom is -0.354 e. The number of piperazine rings is 1. The van der Waals surface area contributed by atoms with Gasteiger partial charge in [-0.25, -0.2) is 4.98 Å². The van der Waals surface area contributed by atoms with Crippen molar-refractivity contribution in [3.8, 4) is 0 Å². The number of nitrogens with one attached hydrogen (secondary N) is 1. The van der Waals surface area contributed by atoms with E-state index in [9.17, 15) is 4.79 Å². The van der Waals surface area contributed by atoms with Crippen LogP contribution in [0.1, 0.15) is 50.6 Å². The van der Waals surface area contributed by atoms with E-state index in [1.807, 2.05) is 10.8 Å². The maximum Gasteiger partial charge on any atom is 0.260 e. The van der Waals surface area contributed by atoms with Crippen molar-refractivity contribution in [3.63, 3.8) is 0 Å². The van der Waals surface area contributed by atoms with Gasteiger partial charge in [-0.2, -0.15) is 4.98 Å². The predicted octanol–water partition coefficient (Wildman–Crippen LogP) is 3.56. The zero-order valence-corrected chi connectivity index (χ0v) is 22.3. The lowest BCUT2D eigenvalue weighted by Gasteiger charge is -2.32. The Kier molecular flexibility index (Phi) is 7.55. The number of pyridine rings is 1. The summed E-state index contributed by atoms with van der Waals surface area (Å²) >= 11 is 0. The summed E-state index contributed by atoms with van der Waals surface area (Å²) in [6.45, 7) is 8.19. The molecule has 3 heterocycles. The number of likely N-dealkylation sites (N-methyl/N-ethyl adjacent to an activating group) is 1. The SMILES string of the molecule is CCCCNc1ncc2c3ccc(CN4CCN(C)CC4)cc3c(=O)n([C@H]3CC[C@H](N(C)C)C3)c2n1. The van der Waals surface area contributed by atoms with E-state index in [-0.39, 0.29) is 11.6 Å². The summed E-state index contributed by atoms with van der Waals surface area (Å²) in [7, 11) is 6.45. The fraction of sp³-hybridized carbons (Fsp3) is 0.607. The van der Waals surface area contributed by atoms with Crippen molar-refractivity contribution in [2.75, 3.05) is 59.2 Å². The Morgan fingerprint density at radius 3 is 2.61 bits per heavy atom. The van der Waals surface area contributed by atoms with Crippen LogP contribution in [0.15, 0.2) is 29.2 Å². The van der Waals surface area contributed by atoms with Crippen LogP contribution in [0.2, 0.25) is 0 Å². The largest absolute Gasteiger partial charge is 0.354 e. The van der Waals surface area contributed by atoms with Crippen LogP contribution in [0.5, 0.6) is 0 Å². The van der Waals surface area contributed by atoms with Crippen LogP contribution in [0.4, 0.5) is 5.95 Å². The lowest BCUT2D eigenvalue weighted by atomic mass is 10.0. The Hall–Kier alpha value is -2.55. The average Bonchev–Trinajstić information content (AvgIpc) is 3.36. The van der Waals surface area contributed by atoms with E-state index in [4.69, 9.17) is 4.98 Å². The maximum atomic E-state index is 14.1. The second kappa shape index (κ2) is 10.8. The molecule has 1 N–H and O–H groups in total. The third-order valence-corrected chi connectivity index (χ3v) is 8.11. The van der Waals surface area contributed by atoms with Gasteiger partial charge in [0.2, 0.25) is 5.95 Å². The number of benzene rings is 1. The molecule has 2 aromatic heterocycles. The minimum absolute atomic E-state index is 0.0836. The van der Waals surface area contributed by atoms with Gasteiger partial charge in [0.15, 0.2) is 0 Å². The van der Waals surface area contributed by atoms with Gasteiger partial charge in [0.1, 0.15) is 5.65 Å². The highest BCUT2D eigenvalue weighted by Gasteiger charge is 2.30. The van der Waals surface area contributed by atoms with E-state index < -0.39 is 0 Å². The second-order valence-electron chi connectivity index (χ2n) is 10.9. The van der Waals surface area contributed by atoms with Crippen LogP contribution in [0.3, 0.4) is 0 Å². The third-order valence-electron chi connectivity index (χ3n) is 8.11. The molecule has 1 aromatic carbocycles. The van der Waals surface area contributed by atoms with E-state index in [0.29, 0.717) is 12.0 Å². The molecule has 0 amide bonds. The molecule has 8 nitrogen and oxygen atoms in total. The Bertz CT molecular complexity index is 1260. The molecule has 1 saturated carbocycles. The zero-order valence-electron chi connectivity index (χ0n) is 22.3. The van der Waals surface area contributed by atoms with Crippen molar-refractivity contribution >= 4 is 27.8 Å². The molecule has 3 aromatic rings. The maximum absolute atomic E-state index is 14.1. The molecule has 0 bridgehead atoms. The highest BCUT2D eigenvalue weighted by atomic mass is 16.1. The van der Waals surface area contributed by atoms with Gasteiger partial charge < -0.3 is 15.1 Å². The highest BCUT2D eigenvalue weighted by molar-refractivity contribution is 6.04. The van der Waals surface area contributed by atoms with E-state index in [0.717, 1.165) is 93.2 Å². The molecule has 1 aliphatic carbocycles. The molecule has 2 fully saturated rings. The molecule has 0 spiro atoms. The van der Waals surface area contributed by atoms with Crippen molar-refractivity contribution in [1.29, 1.82) is 0 Å². The smallest absolute Gasteiger partial charge is 0.260 e. The molecule has 0 unspecified atom stereocenters. The Labute approximate surface area is 214 Å². The standard InChI is InChI=1S/C28H41N7O/c1-5-6-11-29-28-30-18-25-23-10-7-20(19-34-14-12-33(4)13-15-34)16-24(23)27(36)35(26(25)31-28)22-9-8-21(17-22)32(2)3/h7,10,16,18,21-22H,5-6,8-9,11-15,17,19H2,1-4H3,(H,29,30,31)/t21-,22-/m0/s1. The summed E-state index contributed by atoms with van der Waals surface area (Å²) in [5, 5.41) is 6.06. The van der Waals surface area contributed by atoms with Gasteiger partial charge in [-0.1, -0.05) is 25.5 Å². The Balaban J connectivity index is 1.57. The van der Waals surface area contributed by atoms with E-state index in [1.165, 1.54) is 5.56 Å². The van der Waals surface area contributed by atoms with Crippen molar-refractivity contribution in [2.45, 2.75) is 57.7 Å². The predicted molar refractivity (Wildman–Crippen MR) is 148 cm³/mol. The normalized spacial score (nSPS) is 21.7. The molecule has 2 aliphatic rings. The van der Waals surface area contributed by atoms with Crippen LogP contribution in [-0.4, -0.2) is 89.1 Å². The summed E-state index contributed by atoms with van der Waals surface area (Å²) in [5.41, 5.74) is 2.05. The molecule has 194 valence electrons. The zero-order chi connectivity index (χ0) is 25.2. The van der Waals surface area contributed by atoms with Gasteiger partial charge in [0.05, 0.1) is 0 Å². The summed E-state index contributed by atoms with van der Waals surface area (Å²) < 4.78 is 1.99. The van der Waals surface area contributed by atoms with Gasteiger partial charge in [0.25, 0.3) is 5.56 Å². The molecular formula is C28H41N7O. The van der Waals surface area contributed by atoms with Gasteiger partial charge in [-0.05, 0) is 63.8 Å². The van der Waals surface area contributed by atoms with Gasteiger partial charge in [0, 0.05) is 68.3 Å². The minimum atomic E-state index is 0.0836. The van der Waals surface area contributed by atoms with Crippen LogP contribution in [-0.2, 0) is 6.54 Å². The first-order chi connectivity index (χ1) is 17.4. The average molecular weight is 492 g/mol. The first-order valence-corrected chi connectivity index (χ1v) is 13.6. The monoisotopic (exact) mass is 491 g/mol. The van der Waals surface area contributed by atoms with Gasteiger partial charge in [-0.3, -0.25) is 14.3 Å². The van der Waals surface area contributed by atoms with Crippen LogP contribution >= 0.6 is 0 Å². The number of hydrogen-bond acceptors (Lipinski definition) is 7. The molecule has 36 heavy (non-hydrogen) atoms. The number of anilines is 1. The van der Waals surface area contributed by atoms with Gasteiger partial charge in [-0.15, -0.1) is 0 Å². The number of fused-ring (bicyclic) bond motifs is 3.